The van der Waals surface area contributed by atoms with Gasteiger partial charge in [-0.25, -0.2) is 9.78 Å². The number of hydrogen-bond acceptors (Lipinski definition) is 5. The van der Waals surface area contributed by atoms with Crippen LogP contribution in [0.15, 0.2) is 29.2 Å². The second-order valence-corrected chi connectivity index (χ2v) is 4.12. The molecule has 1 amide bonds. The monoisotopic (exact) mass is 263 g/mol. The van der Waals surface area contributed by atoms with Gasteiger partial charge < -0.3 is 10.4 Å². The molecule has 2 heterocycles. The highest BCUT2D eigenvalue weighted by Gasteiger charge is 2.09. The number of pyridine rings is 1. The van der Waals surface area contributed by atoms with Gasteiger partial charge in [0.15, 0.2) is 0 Å². The van der Waals surface area contributed by atoms with E-state index in [9.17, 15) is 9.59 Å². The molecule has 0 aliphatic heterocycles. The number of carbonyl (C=O) groups is 2. The molecule has 2 N–H and O–H groups in total. The van der Waals surface area contributed by atoms with Crippen molar-refractivity contribution in [2.24, 2.45) is 0 Å². The summed E-state index contributed by atoms with van der Waals surface area (Å²) >= 11 is 1.45. The van der Waals surface area contributed by atoms with Gasteiger partial charge in [-0.15, -0.1) is 11.3 Å². The van der Waals surface area contributed by atoms with E-state index in [0.29, 0.717) is 6.54 Å². The highest BCUT2D eigenvalue weighted by molar-refractivity contribution is 7.07. The van der Waals surface area contributed by atoms with E-state index in [4.69, 9.17) is 5.11 Å². The molecule has 0 aliphatic rings. The number of carbonyl (C=O) groups excluding carboxylic acids is 1. The predicted octanol–water partition coefficient (Wildman–Crippen LogP) is 1.17. The van der Waals surface area contributed by atoms with Crippen LogP contribution in [-0.4, -0.2) is 27.0 Å². The molecule has 2 aromatic heterocycles. The van der Waals surface area contributed by atoms with Crippen LogP contribution in [0.4, 0.5) is 0 Å². The van der Waals surface area contributed by atoms with Gasteiger partial charge in [-0.1, -0.05) is 0 Å². The Morgan fingerprint density at radius 1 is 1.33 bits per heavy atom. The summed E-state index contributed by atoms with van der Waals surface area (Å²) in [7, 11) is 0. The maximum atomic E-state index is 11.7. The number of nitrogens with zero attached hydrogens (tertiary/aromatic N) is 2. The molecular weight excluding hydrogens is 254 g/mol. The van der Waals surface area contributed by atoms with Crippen molar-refractivity contribution in [3.63, 3.8) is 0 Å². The van der Waals surface area contributed by atoms with E-state index >= 15 is 0 Å². The second-order valence-electron chi connectivity index (χ2n) is 3.40. The first kappa shape index (κ1) is 12.2. The number of aromatic carboxylic acids is 1. The summed E-state index contributed by atoms with van der Waals surface area (Å²) in [5.74, 6) is -1.43. The molecule has 18 heavy (non-hydrogen) atoms. The Balaban J connectivity index is 1.98. The van der Waals surface area contributed by atoms with Crippen molar-refractivity contribution in [2.75, 3.05) is 0 Å². The van der Waals surface area contributed by atoms with E-state index in [0.717, 1.165) is 11.9 Å². The standard InChI is InChI=1S/C11H9N3O3S/c15-10(13-4-8-5-18-6-14-8)9-2-1-7(3-12-9)11(16)17/h1-3,5-6H,4H2,(H,13,15)(H,16,17). The van der Waals surface area contributed by atoms with Crippen molar-refractivity contribution >= 4 is 23.2 Å². The SMILES string of the molecule is O=C(O)c1ccc(C(=O)NCc2cscn2)nc1. The lowest BCUT2D eigenvalue weighted by Gasteiger charge is -2.02. The van der Waals surface area contributed by atoms with Crippen LogP contribution in [0.1, 0.15) is 26.5 Å². The molecule has 6 nitrogen and oxygen atoms in total. The van der Waals surface area contributed by atoms with Gasteiger partial charge in [0.1, 0.15) is 5.69 Å². The number of aromatic nitrogens is 2. The molecule has 0 aliphatic carbocycles. The Bertz CT molecular complexity index is 551. The Labute approximate surface area is 106 Å². The first-order chi connectivity index (χ1) is 8.66. The Kier molecular flexibility index (Phi) is 3.63. The maximum absolute atomic E-state index is 11.7. The van der Waals surface area contributed by atoms with E-state index in [1.807, 2.05) is 5.38 Å². The molecule has 92 valence electrons. The lowest BCUT2D eigenvalue weighted by atomic mass is 10.2. The van der Waals surface area contributed by atoms with Crippen LogP contribution in [-0.2, 0) is 6.54 Å². The summed E-state index contributed by atoms with van der Waals surface area (Å²) in [6.07, 6.45) is 1.15. The molecule has 0 radical (unpaired) electrons. The number of carboxylic acids is 1. The van der Waals surface area contributed by atoms with Crippen molar-refractivity contribution in [3.8, 4) is 0 Å². The number of amides is 1. The average Bonchev–Trinajstić information content (AvgIpc) is 2.89. The molecular formula is C11H9N3O3S. The molecule has 0 saturated carbocycles. The Morgan fingerprint density at radius 3 is 2.72 bits per heavy atom. The first-order valence-corrected chi connectivity index (χ1v) is 5.95. The van der Waals surface area contributed by atoms with Gasteiger partial charge in [-0.05, 0) is 12.1 Å². The van der Waals surface area contributed by atoms with Crippen LogP contribution in [0.2, 0.25) is 0 Å². The molecule has 2 aromatic rings. The van der Waals surface area contributed by atoms with E-state index in [-0.39, 0.29) is 17.2 Å². The van der Waals surface area contributed by atoms with Crippen LogP contribution in [0.5, 0.6) is 0 Å². The lowest BCUT2D eigenvalue weighted by molar-refractivity contribution is 0.0695. The van der Waals surface area contributed by atoms with Crippen LogP contribution < -0.4 is 5.32 Å². The molecule has 7 heteroatoms. The third-order valence-electron chi connectivity index (χ3n) is 2.16. The fourth-order valence-corrected chi connectivity index (χ4v) is 1.80. The van der Waals surface area contributed by atoms with Gasteiger partial charge in [0, 0.05) is 11.6 Å². The quantitative estimate of drug-likeness (QED) is 0.863. The lowest BCUT2D eigenvalue weighted by Crippen LogP contribution is -2.24. The fourth-order valence-electron chi connectivity index (χ4n) is 1.24. The van der Waals surface area contributed by atoms with E-state index in [1.165, 1.54) is 23.5 Å². The zero-order valence-corrected chi connectivity index (χ0v) is 9.98. The number of carboxylic acid groups (broad SMARTS) is 1. The zero-order chi connectivity index (χ0) is 13.0. The molecule has 0 spiro atoms. The molecule has 0 saturated heterocycles. The Morgan fingerprint density at radius 2 is 2.17 bits per heavy atom. The van der Waals surface area contributed by atoms with Gasteiger partial charge in [0.2, 0.25) is 0 Å². The van der Waals surface area contributed by atoms with Gasteiger partial charge in [-0.3, -0.25) is 9.78 Å². The summed E-state index contributed by atoms with van der Waals surface area (Å²) < 4.78 is 0. The van der Waals surface area contributed by atoms with Crippen LogP contribution in [0.25, 0.3) is 0 Å². The summed E-state index contributed by atoms with van der Waals surface area (Å²) in [6, 6.07) is 2.72. The third-order valence-corrected chi connectivity index (χ3v) is 2.79. The van der Waals surface area contributed by atoms with Gasteiger partial charge >= 0.3 is 5.97 Å². The largest absolute Gasteiger partial charge is 0.478 e. The topological polar surface area (TPSA) is 92.2 Å². The Hall–Kier alpha value is -2.28. The van der Waals surface area contributed by atoms with Crippen LogP contribution in [0.3, 0.4) is 0 Å². The molecule has 0 bridgehead atoms. The zero-order valence-electron chi connectivity index (χ0n) is 9.16. The highest BCUT2D eigenvalue weighted by Crippen LogP contribution is 2.02. The molecule has 0 fully saturated rings. The minimum atomic E-state index is -1.07. The summed E-state index contributed by atoms with van der Waals surface area (Å²) in [4.78, 5) is 30.1. The molecule has 2 rings (SSSR count). The van der Waals surface area contributed by atoms with Crippen molar-refractivity contribution in [2.45, 2.75) is 6.54 Å². The minimum absolute atomic E-state index is 0.0473. The fraction of sp³-hybridized carbons (Fsp3) is 0.0909. The van der Waals surface area contributed by atoms with Crippen molar-refractivity contribution in [3.05, 3.63) is 46.2 Å². The van der Waals surface area contributed by atoms with Crippen LogP contribution in [0, 0.1) is 0 Å². The normalized spacial score (nSPS) is 10.0. The van der Waals surface area contributed by atoms with Crippen molar-refractivity contribution in [1.29, 1.82) is 0 Å². The van der Waals surface area contributed by atoms with Gasteiger partial charge in [0.05, 0.1) is 23.3 Å². The van der Waals surface area contributed by atoms with Crippen molar-refractivity contribution in [1.82, 2.24) is 15.3 Å². The average molecular weight is 263 g/mol. The van der Waals surface area contributed by atoms with Gasteiger partial charge in [0.25, 0.3) is 5.91 Å². The highest BCUT2D eigenvalue weighted by atomic mass is 32.1. The first-order valence-electron chi connectivity index (χ1n) is 5.01. The number of nitrogens with one attached hydrogen (secondary N) is 1. The molecule has 0 atom stereocenters. The number of thiazole rings is 1. The van der Waals surface area contributed by atoms with Crippen LogP contribution >= 0.6 is 11.3 Å². The van der Waals surface area contributed by atoms with Crippen molar-refractivity contribution < 1.29 is 14.7 Å². The number of rotatable bonds is 4. The maximum Gasteiger partial charge on any atom is 0.337 e. The third kappa shape index (κ3) is 2.89. The predicted molar refractivity (Wildman–Crippen MR) is 64.5 cm³/mol. The summed E-state index contributed by atoms with van der Waals surface area (Å²) in [6.45, 7) is 0.324. The van der Waals surface area contributed by atoms with Gasteiger partial charge in [-0.2, -0.15) is 0 Å². The summed E-state index contributed by atoms with van der Waals surface area (Å²) in [5, 5.41) is 13.2. The van der Waals surface area contributed by atoms with E-state index in [1.54, 1.807) is 5.51 Å². The smallest absolute Gasteiger partial charge is 0.337 e. The second kappa shape index (κ2) is 5.37. The summed E-state index contributed by atoms with van der Waals surface area (Å²) in [5.41, 5.74) is 2.68. The van der Waals surface area contributed by atoms with E-state index in [2.05, 4.69) is 15.3 Å². The molecule has 0 aromatic carbocycles. The minimum Gasteiger partial charge on any atom is -0.478 e. The van der Waals surface area contributed by atoms with E-state index < -0.39 is 5.97 Å². The molecule has 0 unspecified atom stereocenters. The number of hydrogen-bond donors (Lipinski definition) is 2.